The number of hydrogen-bond acceptors (Lipinski definition) is 5. The molecular weight excluding hydrogens is 292 g/mol. The van der Waals surface area contributed by atoms with Gasteiger partial charge in [0, 0.05) is 0 Å². The Morgan fingerprint density at radius 3 is 2.00 bits per heavy atom. The number of carboxylic acids is 2. The minimum atomic E-state index is -1.39. The van der Waals surface area contributed by atoms with E-state index in [1.165, 1.54) is 30.3 Å². The topological polar surface area (TPSA) is 139 Å². The molecule has 0 saturated heterocycles. The highest BCUT2D eigenvalue weighted by Gasteiger charge is 2.23. The zero-order valence-corrected chi connectivity index (χ0v) is 11.3. The summed E-state index contributed by atoms with van der Waals surface area (Å²) in [6, 6.07) is 7.19. The SMILES string of the molecule is N#CC(=Cc1ccc(O)cc1)C(=O)N(CC(=O)O)CC(=O)O. The molecule has 0 heterocycles. The van der Waals surface area contributed by atoms with Crippen molar-refractivity contribution in [3.63, 3.8) is 0 Å². The maximum atomic E-state index is 12.1. The van der Waals surface area contributed by atoms with E-state index in [2.05, 4.69) is 0 Å². The molecule has 0 aliphatic carbocycles. The van der Waals surface area contributed by atoms with Crippen LogP contribution in [0, 0.1) is 11.3 Å². The molecule has 0 aliphatic rings. The van der Waals surface area contributed by atoms with Gasteiger partial charge in [-0.3, -0.25) is 14.4 Å². The molecule has 0 saturated carbocycles. The van der Waals surface area contributed by atoms with Gasteiger partial charge >= 0.3 is 11.9 Å². The molecule has 8 heteroatoms. The Labute approximate surface area is 125 Å². The van der Waals surface area contributed by atoms with Gasteiger partial charge in [0.1, 0.15) is 30.5 Å². The van der Waals surface area contributed by atoms with Gasteiger partial charge in [-0.25, -0.2) is 0 Å². The van der Waals surface area contributed by atoms with Gasteiger partial charge in [-0.05, 0) is 23.8 Å². The smallest absolute Gasteiger partial charge is 0.323 e. The van der Waals surface area contributed by atoms with Crippen LogP contribution in [-0.2, 0) is 14.4 Å². The van der Waals surface area contributed by atoms with Gasteiger partial charge in [-0.1, -0.05) is 12.1 Å². The lowest BCUT2D eigenvalue weighted by Gasteiger charge is -2.17. The lowest BCUT2D eigenvalue weighted by Crippen LogP contribution is -2.39. The minimum Gasteiger partial charge on any atom is -0.508 e. The quantitative estimate of drug-likeness (QED) is 0.507. The third-order valence-electron chi connectivity index (χ3n) is 2.49. The van der Waals surface area contributed by atoms with Crippen LogP contribution < -0.4 is 0 Å². The summed E-state index contributed by atoms with van der Waals surface area (Å²) in [6.07, 6.45) is 1.18. The van der Waals surface area contributed by atoms with Crippen LogP contribution in [0.5, 0.6) is 5.75 Å². The van der Waals surface area contributed by atoms with E-state index >= 15 is 0 Å². The standard InChI is InChI=1S/C14H12N2O6/c15-6-10(5-9-1-3-11(17)4-2-9)14(22)16(7-12(18)19)8-13(20)21/h1-5,17H,7-8H2,(H,18,19)(H,20,21). The molecule has 0 aromatic heterocycles. The van der Waals surface area contributed by atoms with E-state index in [-0.39, 0.29) is 5.75 Å². The van der Waals surface area contributed by atoms with Gasteiger partial charge < -0.3 is 20.2 Å². The van der Waals surface area contributed by atoms with E-state index < -0.39 is 36.5 Å². The molecule has 0 unspecified atom stereocenters. The second kappa shape index (κ2) is 7.44. The van der Waals surface area contributed by atoms with Crippen molar-refractivity contribution in [1.29, 1.82) is 5.26 Å². The van der Waals surface area contributed by atoms with Crippen molar-refractivity contribution >= 4 is 23.9 Å². The summed E-state index contributed by atoms with van der Waals surface area (Å²) >= 11 is 0. The van der Waals surface area contributed by atoms with Crippen LogP contribution in [0.3, 0.4) is 0 Å². The molecule has 22 heavy (non-hydrogen) atoms. The van der Waals surface area contributed by atoms with Crippen LogP contribution in [-0.4, -0.2) is 51.2 Å². The number of nitriles is 1. The first-order chi connectivity index (χ1) is 10.3. The Hall–Kier alpha value is -3.34. The van der Waals surface area contributed by atoms with Crippen molar-refractivity contribution in [3.8, 4) is 11.8 Å². The number of carbonyl (C=O) groups is 3. The van der Waals surface area contributed by atoms with Crippen molar-refractivity contribution in [1.82, 2.24) is 4.90 Å². The molecule has 0 radical (unpaired) electrons. The predicted molar refractivity (Wildman–Crippen MR) is 73.5 cm³/mol. The van der Waals surface area contributed by atoms with Gasteiger partial charge in [-0.2, -0.15) is 5.26 Å². The highest BCUT2D eigenvalue weighted by Crippen LogP contribution is 2.14. The number of benzene rings is 1. The highest BCUT2D eigenvalue weighted by atomic mass is 16.4. The van der Waals surface area contributed by atoms with Crippen LogP contribution in [0.15, 0.2) is 29.8 Å². The molecule has 0 aliphatic heterocycles. The number of hydrogen-bond donors (Lipinski definition) is 3. The molecule has 3 N–H and O–H groups in total. The first-order valence-electron chi connectivity index (χ1n) is 5.97. The van der Waals surface area contributed by atoms with Crippen LogP contribution in [0.1, 0.15) is 5.56 Å². The van der Waals surface area contributed by atoms with Crippen LogP contribution >= 0.6 is 0 Å². The van der Waals surface area contributed by atoms with E-state index in [4.69, 9.17) is 20.6 Å². The average molecular weight is 304 g/mol. The van der Waals surface area contributed by atoms with Gasteiger partial charge in [0.2, 0.25) is 0 Å². The second-order valence-electron chi connectivity index (χ2n) is 4.21. The van der Waals surface area contributed by atoms with Crippen molar-refractivity contribution in [3.05, 3.63) is 35.4 Å². The Balaban J connectivity index is 3.07. The number of aliphatic carboxylic acids is 2. The fourth-order valence-electron chi connectivity index (χ4n) is 1.58. The Kier molecular flexibility index (Phi) is 5.66. The third kappa shape index (κ3) is 4.97. The zero-order valence-electron chi connectivity index (χ0n) is 11.3. The fraction of sp³-hybridized carbons (Fsp3) is 0.143. The molecule has 8 nitrogen and oxygen atoms in total. The van der Waals surface area contributed by atoms with Crippen LogP contribution in [0.25, 0.3) is 6.08 Å². The summed E-state index contributed by atoms with van der Waals surface area (Å²) in [6.45, 7) is -1.67. The number of phenolic OH excluding ortho intramolecular Hbond substituents is 1. The van der Waals surface area contributed by atoms with E-state index in [0.29, 0.717) is 10.5 Å². The highest BCUT2D eigenvalue weighted by molar-refractivity contribution is 6.03. The first kappa shape index (κ1) is 16.7. The molecular formula is C14H12N2O6. The minimum absolute atomic E-state index is 0.000338. The number of carboxylic acid groups (broad SMARTS) is 2. The maximum Gasteiger partial charge on any atom is 0.323 e. The second-order valence-corrected chi connectivity index (χ2v) is 4.21. The summed E-state index contributed by atoms with van der Waals surface area (Å²) in [5, 5.41) is 35.6. The molecule has 114 valence electrons. The molecule has 0 bridgehead atoms. The van der Waals surface area contributed by atoms with Crippen LogP contribution in [0.4, 0.5) is 0 Å². The molecule has 1 aromatic carbocycles. The number of carbonyl (C=O) groups excluding carboxylic acids is 1. The summed E-state index contributed by atoms with van der Waals surface area (Å²) in [7, 11) is 0. The van der Waals surface area contributed by atoms with Crippen LogP contribution in [0.2, 0.25) is 0 Å². The molecule has 1 amide bonds. The molecule has 0 spiro atoms. The van der Waals surface area contributed by atoms with Gasteiger partial charge in [-0.15, -0.1) is 0 Å². The largest absolute Gasteiger partial charge is 0.508 e. The monoisotopic (exact) mass is 304 g/mol. The fourth-order valence-corrected chi connectivity index (χ4v) is 1.58. The molecule has 1 aromatic rings. The number of nitrogens with zero attached hydrogens (tertiary/aromatic N) is 2. The number of phenols is 1. The Morgan fingerprint density at radius 1 is 1.09 bits per heavy atom. The normalized spacial score (nSPS) is 10.6. The maximum absolute atomic E-state index is 12.1. The van der Waals surface area contributed by atoms with Gasteiger partial charge in [0.25, 0.3) is 5.91 Å². The Morgan fingerprint density at radius 2 is 1.59 bits per heavy atom. The Bertz CT molecular complexity index is 641. The van der Waals surface area contributed by atoms with Crippen molar-refractivity contribution in [2.75, 3.05) is 13.1 Å². The molecule has 0 fully saturated rings. The summed E-state index contributed by atoms with van der Waals surface area (Å²) in [5.74, 6) is -3.78. The summed E-state index contributed by atoms with van der Waals surface area (Å²) < 4.78 is 0. The molecule has 1 rings (SSSR count). The predicted octanol–water partition coefficient (Wildman–Crippen LogP) is 0.297. The van der Waals surface area contributed by atoms with E-state index in [0.717, 1.165) is 0 Å². The van der Waals surface area contributed by atoms with Crippen molar-refractivity contribution in [2.24, 2.45) is 0 Å². The van der Waals surface area contributed by atoms with E-state index in [9.17, 15) is 14.4 Å². The number of rotatable bonds is 6. The summed E-state index contributed by atoms with van der Waals surface area (Å²) in [4.78, 5) is 34.0. The zero-order chi connectivity index (χ0) is 16.7. The van der Waals surface area contributed by atoms with Gasteiger partial charge in [0.05, 0.1) is 0 Å². The summed E-state index contributed by atoms with van der Waals surface area (Å²) in [5.41, 5.74) is 0.0153. The lowest BCUT2D eigenvalue weighted by molar-refractivity contribution is -0.147. The van der Waals surface area contributed by atoms with Crippen molar-refractivity contribution < 1.29 is 29.7 Å². The first-order valence-corrected chi connectivity index (χ1v) is 5.97. The molecule has 0 atom stereocenters. The van der Waals surface area contributed by atoms with E-state index in [1.807, 2.05) is 0 Å². The third-order valence-corrected chi connectivity index (χ3v) is 2.49. The number of aromatic hydroxyl groups is 1. The van der Waals surface area contributed by atoms with E-state index in [1.54, 1.807) is 6.07 Å². The lowest BCUT2D eigenvalue weighted by atomic mass is 10.1. The number of amides is 1. The average Bonchev–Trinajstić information content (AvgIpc) is 2.44. The van der Waals surface area contributed by atoms with Crippen molar-refractivity contribution in [2.45, 2.75) is 0 Å². The van der Waals surface area contributed by atoms with Gasteiger partial charge in [0.15, 0.2) is 0 Å².